The predicted molar refractivity (Wildman–Crippen MR) is 75.8 cm³/mol. The highest BCUT2D eigenvalue weighted by Gasteiger charge is 2.19. The lowest BCUT2D eigenvalue weighted by Crippen LogP contribution is -2.40. The van der Waals surface area contributed by atoms with Gasteiger partial charge in [-0.3, -0.25) is 9.59 Å². The van der Waals surface area contributed by atoms with Crippen LogP contribution in [-0.4, -0.2) is 36.9 Å². The van der Waals surface area contributed by atoms with Crippen LogP contribution in [0, 0.1) is 12.7 Å². The molecule has 110 valence electrons. The molecule has 0 aromatic heterocycles. The van der Waals surface area contributed by atoms with E-state index in [1.165, 1.54) is 18.0 Å². The fraction of sp³-hybridized carbons (Fsp3) is 0.429. The number of anilines is 1. The van der Waals surface area contributed by atoms with E-state index in [1.54, 1.807) is 6.92 Å². The van der Waals surface area contributed by atoms with E-state index in [1.807, 2.05) is 6.92 Å². The van der Waals surface area contributed by atoms with Crippen LogP contribution >= 0.6 is 0 Å². The van der Waals surface area contributed by atoms with Crippen LogP contribution in [0.1, 0.15) is 29.3 Å². The molecule has 0 atom stereocenters. The number of rotatable bonds is 5. The van der Waals surface area contributed by atoms with E-state index in [-0.39, 0.29) is 23.7 Å². The van der Waals surface area contributed by atoms with Crippen molar-refractivity contribution in [3.63, 3.8) is 0 Å². The molecule has 1 aromatic rings. The van der Waals surface area contributed by atoms with Crippen molar-refractivity contribution >= 4 is 17.5 Å². The van der Waals surface area contributed by atoms with Gasteiger partial charge in [0.05, 0.1) is 6.54 Å². The molecule has 0 heterocycles. The molecule has 5 nitrogen and oxygen atoms in total. The van der Waals surface area contributed by atoms with Gasteiger partial charge in [-0.25, -0.2) is 4.39 Å². The Morgan fingerprint density at radius 2 is 2.05 bits per heavy atom. The highest BCUT2D eigenvalue weighted by Crippen LogP contribution is 2.19. The molecule has 0 saturated heterocycles. The number of benzene rings is 1. The summed E-state index contributed by atoms with van der Waals surface area (Å²) in [6.07, 6.45) is 0.701. The van der Waals surface area contributed by atoms with Crippen molar-refractivity contribution in [1.82, 2.24) is 10.2 Å². The van der Waals surface area contributed by atoms with Gasteiger partial charge in [-0.1, -0.05) is 6.92 Å². The molecule has 20 heavy (non-hydrogen) atoms. The maximum absolute atomic E-state index is 13.6. The van der Waals surface area contributed by atoms with Gasteiger partial charge in [0, 0.05) is 30.4 Å². The normalized spacial score (nSPS) is 10.2. The second kappa shape index (κ2) is 6.88. The maximum atomic E-state index is 13.6. The summed E-state index contributed by atoms with van der Waals surface area (Å²) in [5, 5.41) is 2.46. The van der Waals surface area contributed by atoms with Crippen LogP contribution < -0.4 is 11.1 Å². The number of nitrogens with zero attached hydrogens (tertiary/aromatic N) is 1. The zero-order chi connectivity index (χ0) is 15.3. The molecule has 0 fully saturated rings. The molecule has 0 saturated carbocycles. The highest BCUT2D eigenvalue weighted by molar-refractivity contribution is 5.97. The number of amides is 2. The summed E-state index contributed by atoms with van der Waals surface area (Å²) >= 11 is 0. The predicted octanol–water partition coefficient (Wildman–Crippen LogP) is 1.31. The van der Waals surface area contributed by atoms with Gasteiger partial charge in [0.1, 0.15) is 5.82 Å². The largest absolute Gasteiger partial charge is 0.398 e. The van der Waals surface area contributed by atoms with Crippen LogP contribution in [-0.2, 0) is 4.79 Å². The van der Waals surface area contributed by atoms with Gasteiger partial charge < -0.3 is 16.0 Å². The van der Waals surface area contributed by atoms with Crippen LogP contribution in [0.25, 0.3) is 0 Å². The lowest BCUT2D eigenvalue weighted by Gasteiger charge is -2.21. The Balaban J connectivity index is 3.03. The number of halogens is 1. The van der Waals surface area contributed by atoms with Crippen LogP contribution in [0.4, 0.5) is 10.1 Å². The Morgan fingerprint density at radius 3 is 2.55 bits per heavy atom. The van der Waals surface area contributed by atoms with Crippen molar-refractivity contribution in [2.45, 2.75) is 20.3 Å². The van der Waals surface area contributed by atoms with Gasteiger partial charge in [-0.2, -0.15) is 0 Å². The molecule has 0 spiro atoms. The molecule has 2 amide bonds. The summed E-state index contributed by atoms with van der Waals surface area (Å²) in [6.45, 7) is 3.81. The molecule has 0 aliphatic heterocycles. The molecule has 0 aliphatic carbocycles. The average Bonchev–Trinajstić information content (AvgIpc) is 2.42. The number of nitrogens with one attached hydrogen (secondary N) is 1. The summed E-state index contributed by atoms with van der Waals surface area (Å²) in [5.41, 5.74) is 6.37. The van der Waals surface area contributed by atoms with Crippen molar-refractivity contribution < 1.29 is 14.0 Å². The van der Waals surface area contributed by atoms with E-state index in [9.17, 15) is 14.0 Å². The minimum absolute atomic E-state index is 0.0570. The number of nitrogen functional groups attached to an aromatic ring is 1. The standard InChI is InChI=1S/C14H20FN3O2/c1-4-5-18(8-13(19)17-3)14(20)10-6-11(15)9(2)12(16)7-10/h6-7H,4-5,8,16H2,1-3H3,(H,17,19). The van der Waals surface area contributed by atoms with Crippen molar-refractivity contribution in [2.24, 2.45) is 0 Å². The first-order valence-corrected chi connectivity index (χ1v) is 6.46. The van der Waals surface area contributed by atoms with Crippen molar-refractivity contribution in [3.05, 3.63) is 29.1 Å². The molecule has 0 radical (unpaired) electrons. The van der Waals surface area contributed by atoms with E-state index < -0.39 is 11.7 Å². The third kappa shape index (κ3) is 3.69. The number of nitrogens with two attached hydrogens (primary N) is 1. The molecule has 0 bridgehead atoms. The Hall–Kier alpha value is -2.11. The van der Waals surface area contributed by atoms with Crippen molar-refractivity contribution in [2.75, 3.05) is 25.9 Å². The minimum Gasteiger partial charge on any atom is -0.398 e. The smallest absolute Gasteiger partial charge is 0.254 e. The van der Waals surface area contributed by atoms with E-state index in [2.05, 4.69) is 5.32 Å². The first kappa shape index (κ1) is 15.9. The molecule has 1 aromatic carbocycles. The van der Waals surface area contributed by atoms with Crippen LogP contribution in [0.2, 0.25) is 0 Å². The molecule has 6 heteroatoms. The van der Waals surface area contributed by atoms with E-state index in [0.29, 0.717) is 18.5 Å². The topological polar surface area (TPSA) is 75.4 Å². The van der Waals surface area contributed by atoms with Gasteiger partial charge in [-0.05, 0) is 25.5 Å². The van der Waals surface area contributed by atoms with Crippen LogP contribution in [0.5, 0.6) is 0 Å². The second-order valence-electron chi connectivity index (χ2n) is 4.57. The van der Waals surface area contributed by atoms with E-state index in [0.717, 1.165) is 6.07 Å². The van der Waals surface area contributed by atoms with Gasteiger partial charge in [0.2, 0.25) is 5.91 Å². The fourth-order valence-corrected chi connectivity index (χ4v) is 1.78. The molecule has 0 aliphatic rings. The summed E-state index contributed by atoms with van der Waals surface area (Å²) in [4.78, 5) is 25.1. The average molecular weight is 281 g/mol. The lowest BCUT2D eigenvalue weighted by atomic mass is 10.1. The first-order chi connectivity index (χ1) is 9.40. The minimum atomic E-state index is -0.523. The summed E-state index contributed by atoms with van der Waals surface area (Å²) in [5.74, 6) is -1.20. The summed E-state index contributed by atoms with van der Waals surface area (Å²) in [6, 6.07) is 2.59. The monoisotopic (exact) mass is 281 g/mol. The van der Waals surface area contributed by atoms with Gasteiger partial charge in [0.25, 0.3) is 5.91 Å². The molecular formula is C14H20FN3O2. The fourth-order valence-electron chi connectivity index (χ4n) is 1.78. The zero-order valence-electron chi connectivity index (χ0n) is 12.0. The van der Waals surface area contributed by atoms with Crippen LogP contribution in [0.15, 0.2) is 12.1 Å². The lowest BCUT2D eigenvalue weighted by molar-refractivity contribution is -0.121. The molecule has 0 unspecified atom stereocenters. The Labute approximate surface area is 117 Å². The summed E-state index contributed by atoms with van der Waals surface area (Å²) in [7, 11) is 1.50. The number of carbonyl (C=O) groups excluding carboxylic acids is 2. The SMILES string of the molecule is CCCN(CC(=O)NC)C(=O)c1cc(N)c(C)c(F)c1. The first-order valence-electron chi connectivity index (χ1n) is 6.46. The summed E-state index contributed by atoms with van der Waals surface area (Å²) < 4.78 is 13.6. The maximum Gasteiger partial charge on any atom is 0.254 e. The van der Waals surface area contributed by atoms with Gasteiger partial charge >= 0.3 is 0 Å². The number of carbonyl (C=O) groups is 2. The van der Waals surface area contributed by atoms with Gasteiger partial charge in [0.15, 0.2) is 0 Å². The van der Waals surface area contributed by atoms with E-state index in [4.69, 9.17) is 5.73 Å². The molecule has 3 N–H and O–H groups in total. The quantitative estimate of drug-likeness (QED) is 0.799. The van der Waals surface area contributed by atoms with Crippen molar-refractivity contribution in [3.8, 4) is 0 Å². The molecule has 1 rings (SSSR count). The molecular weight excluding hydrogens is 261 g/mol. The van der Waals surface area contributed by atoms with Crippen LogP contribution in [0.3, 0.4) is 0 Å². The Kier molecular flexibility index (Phi) is 5.49. The number of hydrogen-bond donors (Lipinski definition) is 2. The zero-order valence-corrected chi connectivity index (χ0v) is 12.0. The van der Waals surface area contributed by atoms with Gasteiger partial charge in [-0.15, -0.1) is 0 Å². The second-order valence-corrected chi connectivity index (χ2v) is 4.57. The number of likely N-dealkylation sites (N-methyl/N-ethyl adjacent to an activating group) is 1. The third-order valence-corrected chi connectivity index (χ3v) is 3.03. The van der Waals surface area contributed by atoms with Crippen molar-refractivity contribution in [1.29, 1.82) is 0 Å². The Morgan fingerprint density at radius 1 is 1.40 bits per heavy atom. The van der Waals surface area contributed by atoms with E-state index >= 15 is 0 Å². The Bertz CT molecular complexity index is 494. The highest BCUT2D eigenvalue weighted by atomic mass is 19.1. The number of hydrogen-bond acceptors (Lipinski definition) is 3. The third-order valence-electron chi connectivity index (χ3n) is 3.03.